The van der Waals surface area contributed by atoms with E-state index < -0.39 is 0 Å². The third-order valence-corrected chi connectivity index (χ3v) is 3.31. The van der Waals surface area contributed by atoms with Gasteiger partial charge in [-0.2, -0.15) is 16.9 Å². The van der Waals surface area contributed by atoms with Gasteiger partial charge in [-0.15, -0.1) is 10.2 Å². The van der Waals surface area contributed by atoms with Crippen LogP contribution in [0.25, 0.3) is 0 Å². The number of hydrogen-bond acceptors (Lipinski definition) is 4. The Morgan fingerprint density at radius 1 is 1.50 bits per heavy atom. The van der Waals surface area contributed by atoms with E-state index in [-0.39, 0.29) is 0 Å². The first kappa shape index (κ1) is 7.79. The second kappa shape index (κ2) is 2.90. The molecule has 4 nitrogen and oxygen atoms in total. The zero-order valence-electron chi connectivity index (χ0n) is 6.84. The van der Waals surface area contributed by atoms with Gasteiger partial charge in [0.25, 0.3) is 0 Å². The Morgan fingerprint density at radius 3 is 2.67 bits per heavy atom. The first-order valence-electron chi connectivity index (χ1n) is 3.80. The van der Waals surface area contributed by atoms with Crippen LogP contribution in [0, 0.1) is 0 Å². The second-order valence-corrected chi connectivity index (χ2v) is 4.08. The standard InChI is InChI=1S/C7H10N4S/c1-12-7(2-3-7)4-10-11-5-8-9-6-11/h4-6H,2-3H2,1H3/b10-4+. The van der Waals surface area contributed by atoms with Crippen molar-refractivity contribution in [2.45, 2.75) is 17.6 Å². The molecule has 0 bridgehead atoms. The fourth-order valence-electron chi connectivity index (χ4n) is 0.936. The largest absolute Gasteiger partial charge is 0.208 e. The average molecular weight is 182 g/mol. The molecule has 0 atom stereocenters. The van der Waals surface area contributed by atoms with E-state index in [2.05, 4.69) is 21.6 Å². The molecule has 1 aliphatic rings. The highest BCUT2D eigenvalue weighted by Crippen LogP contribution is 2.45. The molecular formula is C7H10N4S. The van der Waals surface area contributed by atoms with Gasteiger partial charge >= 0.3 is 0 Å². The molecule has 1 fully saturated rings. The van der Waals surface area contributed by atoms with Gasteiger partial charge in [0.1, 0.15) is 12.7 Å². The van der Waals surface area contributed by atoms with E-state index >= 15 is 0 Å². The van der Waals surface area contributed by atoms with Crippen LogP contribution in [0.3, 0.4) is 0 Å². The maximum Gasteiger partial charge on any atom is 0.141 e. The molecule has 0 spiro atoms. The van der Waals surface area contributed by atoms with Gasteiger partial charge in [-0.05, 0) is 19.1 Å². The van der Waals surface area contributed by atoms with E-state index in [1.54, 1.807) is 17.3 Å². The highest BCUT2D eigenvalue weighted by atomic mass is 32.2. The predicted octanol–water partition coefficient (Wildman–Crippen LogP) is 1.01. The summed E-state index contributed by atoms with van der Waals surface area (Å²) >= 11 is 1.86. The molecule has 1 aliphatic carbocycles. The third kappa shape index (κ3) is 1.50. The molecule has 0 saturated heterocycles. The minimum absolute atomic E-state index is 0.310. The molecule has 1 heterocycles. The first-order chi connectivity index (χ1) is 5.85. The summed E-state index contributed by atoms with van der Waals surface area (Å²) in [5.74, 6) is 0. The van der Waals surface area contributed by atoms with Gasteiger partial charge < -0.3 is 0 Å². The molecule has 5 heteroatoms. The number of aromatic nitrogens is 3. The quantitative estimate of drug-likeness (QED) is 0.655. The minimum Gasteiger partial charge on any atom is -0.208 e. The lowest BCUT2D eigenvalue weighted by Gasteiger charge is -2.01. The predicted molar refractivity (Wildman–Crippen MR) is 49.4 cm³/mol. The zero-order valence-corrected chi connectivity index (χ0v) is 7.66. The number of hydrogen-bond donors (Lipinski definition) is 0. The molecule has 0 N–H and O–H groups in total. The summed E-state index contributed by atoms with van der Waals surface area (Å²) < 4.78 is 1.93. The van der Waals surface area contributed by atoms with Crippen molar-refractivity contribution < 1.29 is 0 Å². The van der Waals surface area contributed by atoms with Crippen LogP contribution in [0.1, 0.15) is 12.8 Å². The second-order valence-electron chi connectivity index (χ2n) is 2.86. The van der Waals surface area contributed by atoms with Crippen LogP contribution in [0.2, 0.25) is 0 Å². The summed E-state index contributed by atoms with van der Waals surface area (Å²) in [4.78, 5) is 0. The Morgan fingerprint density at radius 2 is 2.17 bits per heavy atom. The third-order valence-electron chi connectivity index (χ3n) is 1.98. The zero-order chi connectivity index (χ0) is 8.44. The van der Waals surface area contributed by atoms with Gasteiger partial charge in [0.15, 0.2) is 0 Å². The van der Waals surface area contributed by atoms with Crippen LogP contribution >= 0.6 is 11.8 Å². The molecule has 1 aromatic heterocycles. The van der Waals surface area contributed by atoms with Crippen LogP contribution in [0.5, 0.6) is 0 Å². The SMILES string of the molecule is CSC1(/C=N/n2cnnc2)CC1. The summed E-state index contributed by atoms with van der Waals surface area (Å²) in [6.45, 7) is 0. The van der Waals surface area contributed by atoms with Gasteiger partial charge in [-0.25, -0.2) is 4.68 Å². The van der Waals surface area contributed by atoms with E-state index in [1.807, 2.05) is 18.0 Å². The van der Waals surface area contributed by atoms with E-state index in [0.29, 0.717) is 4.75 Å². The van der Waals surface area contributed by atoms with Crippen molar-refractivity contribution in [3.05, 3.63) is 12.7 Å². The van der Waals surface area contributed by atoms with E-state index in [9.17, 15) is 0 Å². The molecule has 0 amide bonds. The maximum absolute atomic E-state index is 4.22. The maximum atomic E-state index is 4.22. The summed E-state index contributed by atoms with van der Waals surface area (Å²) in [5.41, 5.74) is 0. The molecule has 0 aliphatic heterocycles. The van der Waals surface area contributed by atoms with E-state index in [0.717, 1.165) is 0 Å². The first-order valence-corrected chi connectivity index (χ1v) is 5.02. The summed E-state index contributed by atoms with van der Waals surface area (Å²) in [7, 11) is 0. The Labute approximate surface area is 75.1 Å². The topological polar surface area (TPSA) is 43.1 Å². The average Bonchev–Trinajstić information content (AvgIpc) is 2.70. The lowest BCUT2D eigenvalue weighted by molar-refractivity contribution is 0.871. The molecular weight excluding hydrogens is 172 g/mol. The van der Waals surface area contributed by atoms with Gasteiger partial charge in [0, 0.05) is 6.21 Å². The Kier molecular flexibility index (Phi) is 1.88. The molecule has 64 valence electrons. The molecule has 1 saturated carbocycles. The van der Waals surface area contributed by atoms with Crippen LogP contribution < -0.4 is 0 Å². The van der Waals surface area contributed by atoms with Gasteiger partial charge in [0.05, 0.1) is 4.75 Å². The Balaban J connectivity index is 2.03. The van der Waals surface area contributed by atoms with Crippen molar-refractivity contribution in [2.24, 2.45) is 5.10 Å². The number of nitrogens with zero attached hydrogens (tertiary/aromatic N) is 4. The molecule has 0 aromatic carbocycles. The highest BCUT2D eigenvalue weighted by Gasteiger charge is 2.40. The van der Waals surface area contributed by atoms with Crippen LogP contribution in [0.4, 0.5) is 0 Å². The Bertz CT molecular complexity index is 276. The molecule has 12 heavy (non-hydrogen) atoms. The monoisotopic (exact) mass is 182 g/mol. The van der Waals surface area contributed by atoms with Crippen molar-refractivity contribution in [3.63, 3.8) is 0 Å². The summed E-state index contributed by atoms with van der Waals surface area (Å²) in [6, 6.07) is 0. The van der Waals surface area contributed by atoms with Crippen molar-refractivity contribution in [1.29, 1.82) is 0 Å². The fourth-order valence-corrected chi connectivity index (χ4v) is 1.60. The van der Waals surface area contributed by atoms with Crippen LogP contribution in [-0.4, -0.2) is 32.1 Å². The summed E-state index contributed by atoms with van der Waals surface area (Å²) in [6.07, 6.45) is 9.76. The Hall–Kier alpha value is -0.840. The van der Waals surface area contributed by atoms with Crippen molar-refractivity contribution in [1.82, 2.24) is 14.9 Å². The smallest absolute Gasteiger partial charge is 0.141 e. The minimum atomic E-state index is 0.310. The van der Waals surface area contributed by atoms with Gasteiger partial charge in [-0.3, -0.25) is 0 Å². The van der Waals surface area contributed by atoms with Gasteiger partial charge in [0.2, 0.25) is 0 Å². The molecule has 0 radical (unpaired) electrons. The number of thioether (sulfide) groups is 1. The summed E-state index contributed by atoms with van der Waals surface area (Å²) in [5, 5.41) is 11.5. The van der Waals surface area contributed by atoms with Gasteiger partial charge in [-0.1, -0.05) is 0 Å². The van der Waals surface area contributed by atoms with E-state index in [4.69, 9.17) is 0 Å². The normalized spacial score (nSPS) is 20.1. The van der Waals surface area contributed by atoms with Crippen molar-refractivity contribution >= 4 is 18.0 Å². The molecule has 0 unspecified atom stereocenters. The van der Waals surface area contributed by atoms with Crippen LogP contribution in [0.15, 0.2) is 17.8 Å². The highest BCUT2D eigenvalue weighted by molar-refractivity contribution is 8.00. The lowest BCUT2D eigenvalue weighted by Crippen LogP contribution is -2.04. The lowest BCUT2D eigenvalue weighted by atomic mass is 10.5. The molecule has 1 aromatic rings. The van der Waals surface area contributed by atoms with E-state index in [1.165, 1.54) is 12.8 Å². The fraction of sp³-hybridized carbons (Fsp3) is 0.571. The van der Waals surface area contributed by atoms with Crippen molar-refractivity contribution in [2.75, 3.05) is 6.26 Å². The van der Waals surface area contributed by atoms with Crippen molar-refractivity contribution in [3.8, 4) is 0 Å². The number of rotatable bonds is 3. The van der Waals surface area contributed by atoms with Crippen LogP contribution in [-0.2, 0) is 0 Å². The molecule has 2 rings (SSSR count).